The number of nitro groups is 1. The Hall–Kier alpha value is -1.49. The van der Waals surface area contributed by atoms with E-state index in [2.05, 4.69) is 9.88 Å². The topological polar surface area (TPSA) is 59.3 Å². The van der Waals surface area contributed by atoms with Crippen LogP contribution in [-0.4, -0.2) is 27.9 Å². The number of piperidine rings is 1. The third kappa shape index (κ3) is 2.76. The van der Waals surface area contributed by atoms with E-state index in [4.69, 9.17) is 0 Å². The summed E-state index contributed by atoms with van der Waals surface area (Å²) in [6.07, 6.45) is 6.75. The van der Waals surface area contributed by atoms with Crippen LogP contribution in [-0.2, 0) is 6.54 Å². The number of hydrogen-bond acceptors (Lipinski definition) is 4. The molecule has 1 aromatic rings. The molecule has 0 bridgehead atoms. The van der Waals surface area contributed by atoms with Crippen molar-refractivity contribution >= 4 is 5.69 Å². The number of likely N-dealkylation sites (tertiary alicyclic amines) is 1. The Morgan fingerprint density at radius 2 is 2.06 bits per heavy atom. The van der Waals surface area contributed by atoms with Gasteiger partial charge in [-0.1, -0.05) is 6.42 Å². The van der Waals surface area contributed by atoms with Gasteiger partial charge in [-0.3, -0.25) is 20.0 Å². The predicted molar refractivity (Wildman–Crippen MR) is 60.0 cm³/mol. The molecule has 0 aromatic carbocycles. The van der Waals surface area contributed by atoms with Crippen LogP contribution in [0.1, 0.15) is 24.8 Å². The highest BCUT2D eigenvalue weighted by molar-refractivity contribution is 5.29. The van der Waals surface area contributed by atoms with Crippen molar-refractivity contribution in [1.82, 2.24) is 9.88 Å². The zero-order valence-electron chi connectivity index (χ0n) is 9.13. The van der Waals surface area contributed by atoms with E-state index in [1.54, 1.807) is 12.3 Å². The van der Waals surface area contributed by atoms with Crippen molar-refractivity contribution in [2.75, 3.05) is 13.1 Å². The average molecular weight is 221 g/mol. The van der Waals surface area contributed by atoms with Gasteiger partial charge >= 0.3 is 0 Å². The van der Waals surface area contributed by atoms with Gasteiger partial charge in [0.25, 0.3) is 5.69 Å². The summed E-state index contributed by atoms with van der Waals surface area (Å²) in [6, 6.07) is 1.61. The fourth-order valence-corrected chi connectivity index (χ4v) is 2.04. The lowest BCUT2D eigenvalue weighted by Crippen LogP contribution is -2.29. The quantitative estimate of drug-likeness (QED) is 0.578. The molecule has 5 heteroatoms. The first-order valence-corrected chi connectivity index (χ1v) is 5.56. The summed E-state index contributed by atoms with van der Waals surface area (Å²) in [7, 11) is 0. The molecule has 1 aromatic heterocycles. The van der Waals surface area contributed by atoms with Crippen molar-refractivity contribution in [3.05, 3.63) is 34.1 Å². The van der Waals surface area contributed by atoms with Crippen LogP contribution in [0.15, 0.2) is 18.5 Å². The van der Waals surface area contributed by atoms with Crippen LogP contribution in [0.4, 0.5) is 5.69 Å². The smallest absolute Gasteiger partial charge is 0.287 e. The molecule has 1 fully saturated rings. The van der Waals surface area contributed by atoms with Crippen LogP contribution in [0, 0.1) is 10.1 Å². The van der Waals surface area contributed by atoms with Crippen molar-refractivity contribution in [1.29, 1.82) is 0 Å². The van der Waals surface area contributed by atoms with E-state index in [-0.39, 0.29) is 5.69 Å². The Morgan fingerprint density at radius 1 is 1.31 bits per heavy atom. The van der Waals surface area contributed by atoms with Gasteiger partial charge in [0.05, 0.1) is 4.92 Å². The molecule has 0 spiro atoms. The van der Waals surface area contributed by atoms with Crippen molar-refractivity contribution in [3.63, 3.8) is 0 Å². The molecule has 2 rings (SSSR count). The highest BCUT2D eigenvalue weighted by Gasteiger charge is 2.12. The summed E-state index contributed by atoms with van der Waals surface area (Å²) < 4.78 is 0. The number of hydrogen-bond donors (Lipinski definition) is 0. The number of rotatable bonds is 3. The SMILES string of the molecule is O=[N+]([O-])c1cncc(CN2CCCCC2)c1. The molecule has 16 heavy (non-hydrogen) atoms. The van der Waals surface area contributed by atoms with Gasteiger partial charge in [-0.15, -0.1) is 0 Å². The third-order valence-corrected chi connectivity index (χ3v) is 2.85. The molecule has 0 unspecified atom stereocenters. The summed E-state index contributed by atoms with van der Waals surface area (Å²) in [5.74, 6) is 0. The Kier molecular flexibility index (Phi) is 3.46. The second-order valence-electron chi connectivity index (χ2n) is 4.15. The predicted octanol–water partition coefficient (Wildman–Crippen LogP) is 1.98. The van der Waals surface area contributed by atoms with E-state index in [0.29, 0.717) is 0 Å². The maximum Gasteiger partial charge on any atom is 0.287 e. The summed E-state index contributed by atoms with van der Waals surface area (Å²) in [5.41, 5.74) is 1.01. The van der Waals surface area contributed by atoms with Crippen LogP contribution in [0.2, 0.25) is 0 Å². The first-order valence-electron chi connectivity index (χ1n) is 5.56. The van der Waals surface area contributed by atoms with Gasteiger partial charge in [0.2, 0.25) is 0 Å². The van der Waals surface area contributed by atoms with Gasteiger partial charge in [-0.2, -0.15) is 0 Å². The Morgan fingerprint density at radius 3 is 2.75 bits per heavy atom. The van der Waals surface area contributed by atoms with E-state index in [9.17, 15) is 10.1 Å². The molecule has 5 nitrogen and oxygen atoms in total. The second-order valence-corrected chi connectivity index (χ2v) is 4.15. The minimum atomic E-state index is -0.396. The minimum Gasteiger partial charge on any atom is -0.299 e. The van der Waals surface area contributed by atoms with E-state index >= 15 is 0 Å². The molecule has 0 radical (unpaired) electrons. The molecule has 1 saturated heterocycles. The molecule has 86 valence electrons. The van der Waals surface area contributed by atoms with E-state index in [1.165, 1.54) is 25.5 Å². The summed E-state index contributed by atoms with van der Waals surface area (Å²) in [5, 5.41) is 10.6. The van der Waals surface area contributed by atoms with Crippen LogP contribution in [0.25, 0.3) is 0 Å². The zero-order chi connectivity index (χ0) is 11.4. The van der Waals surface area contributed by atoms with Gasteiger partial charge in [0.15, 0.2) is 0 Å². The van der Waals surface area contributed by atoms with Crippen LogP contribution < -0.4 is 0 Å². The van der Waals surface area contributed by atoms with Gasteiger partial charge < -0.3 is 0 Å². The first-order chi connectivity index (χ1) is 7.75. The van der Waals surface area contributed by atoms with E-state index in [0.717, 1.165) is 25.2 Å². The Balaban J connectivity index is 2.02. The molecular weight excluding hydrogens is 206 g/mol. The highest BCUT2D eigenvalue weighted by Crippen LogP contribution is 2.15. The normalized spacial score (nSPS) is 17.2. The Bertz CT molecular complexity index is 375. The van der Waals surface area contributed by atoms with Gasteiger partial charge in [-0.25, -0.2) is 0 Å². The second kappa shape index (κ2) is 5.03. The van der Waals surface area contributed by atoms with Crippen molar-refractivity contribution in [2.45, 2.75) is 25.8 Å². The standard InChI is InChI=1S/C11H15N3O2/c15-14(16)11-6-10(7-12-8-11)9-13-4-2-1-3-5-13/h6-8H,1-5,9H2. The maximum absolute atomic E-state index is 10.6. The fourth-order valence-electron chi connectivity index (χ4n) is 2.04. The fraction of sp³-hybridized carbons (Fsp3) is 0.545. The highest BCUT2D eigenvalue weighted by atomic mass is 16.6. The number of nitrogens with zero attached hydrogens (tertiary/aromatic N) is 3. The molecule has 1 aliphatic heterocycles. The lowest BCUT2D eigenvalue weighted by molar-refractivity contribution is -0.385. The molecule has 0 saturated carbocycles. The Labute approximate surface area is 94.2 Å². The van der Waals surface area contributed by atoms with Crippen molar-refractivity contribution in [2.24, 2.45) is 0 Å². The summed E-state index contributed by atoms with van der Waals surface area (Å²) in [4.78, 5) is 16.4. The average Bonchev–Trinajstić information content (AvgIpc) is 2.30. The van der Waals surface area contributed by atoms with Gasteiger partial charge in [0, 0.05) is 18.8 Å². The molecule has 0 atom stereocenters. The first kappa shape index (κ1) is 11.0. The third-order valence-electron chi connectivity index (χ3n) is 2.85. The molecule has 0 aliphatic carbocycles. The minimum absolute atomic E-state index is 0.0782. The lowest BCUT2D eigenvalue weighted by Gasteiger charge is -2.26. The number of pyridine rings is 1. The van der Waals surface area contributed by atoms with Crippen molar-refractivity contribution < 1.29 is 4.92 Å². The summed E-state index contributed by atoms with van der Waals surface area (Å²) in [6.45, 7) is 2.94. The van der Waals surface area contributed by atoms with Gasteiger partial charge in [0.1, 0.15) is 6.20 Å². The van der Waals surface area contributed by atoms with E-state index in [1.807, 2.05) is 0 Å². The van der Waals surface area contributed by atoms with Crippen LogP contribution in [0.5, 0.6) is 0 Å². The molecule has 0 amide bonds. The molecular formula is C11H15N3O2. The lowest BCUT2D eigenvalue weighted by atomic mass is 10.1. The monoisotopic (exact) mass is 221 g/mol. The molecule has 0 N–H and O–H groups in total. The van der Waals surface area contributed by atoms with Crippen molar-refractivity contribution in [3.8, 4) is 0 Å². The van der Waals surface area contributed by atoms with Gasteiger partial charge in [-0.05, 0) is 31.5 Å². The van der Waals surface area contributed by atoms with Crippen LogP contribution >= 0.6 is 0 Å². The zero-order valence-corrected chi connectivity index (χ0v) is 9.13. The largest absolute Gasteiger partial charge is 0.299 e. The van der Waals surface area contributed by atoms with E-state index < -0.39 is 4.92 Å². The van der Waals surface area contributed by atoms with Crippen LogP contribution in [0.3, 0.4) is 0 Å². The molecule has 2 heterocycles. The molecule has 1 aliphatic rings. The number of aromatic nitrogens is 1. The maximum atomic E-state index is 10.6. The summed E-state index contributed by atoms with van der Waals surface area (Å²) >= 11 is 0.